The van der Waals surface area contributed by atoms with E-state index in [9.17, 15) is 38.4 Å². The van der Waals surface area contributed by atoms with Crippen molar-refractivity contribution < 1.29 is 58.8 Å². The molecule has 0 unspecified atom stereocenters. The van der Waals surface area contributed by atoms with Crippen LogP contribution in [0.1, 0.15) is 25.7 Å². The molecule has 50 heavy (non-hydrogen) atoms. The number of benzene rings is 1. The molecule has 0 radical (unpaired) electrons. The molecule has 1 aromatic carbocycles. The molecule has 1 aromatic rings. The summed E-state index contributed by atoms with van der Waals surface area (Å²) in [7, 11) is 0. The smallest absolute Gasteiger partial charge is 0.322 e. The molecule has 0 spiro atoms. The van der Waals surface area contributed by atoms with E-state index in [1.54, 1.807) is 0 Å². The molecule has 12 N–H and O–H groups in total. The summed E-state index contributed by atoms with van der Waals surface area (Å²) in [5, 5.41) is 43.9. The fourth-order valence-electron chi connectivity index (χ4n) is 3.47. The van der Waals surface area contributed by atoms with Gasteiger partial charge in [0, 0.05) is 34.1 Å². The first-order chi connectivity index (χ1) is 23.3. The van der Waals surface area contributed by atoms with Gasteiger partial charge in [-0.2, -0.15) is 0 Å². The van der Waals surface area contributed by atoms with Crippen LogP contribution in [-0.4, -0.2) is 117 Å². The summed E-state index contributed by atoms with van der Waals surface area (Å²) < 4.78 is 0. The van der Waals surface area contributed by atoms with Crippen LogP contribution in [0.25, 0.3) is 0 Å². The van der Waals surface area contributed by atoms with Gasteiger partial charge in [0.15, 0.2) is 0 Å². The summed E-state index contributed by atoms with van der Waals surface area (Å²) in [4.78, 5) is 94.2. The summed E-state index contributed by atoms with van der Waals surface area (Å²) in [5.74, 6) is -9.39. The topological polar surface area (TPSA) is 318 Å². The Morgan fingerprint density at radius 3 is 1.14 bits per heavy atom. The Bertz CT molecular complexity index is 1360. The Labute approximate surface area is 312 Å². The third kappa shape index (κ3) is 15.3. The molecule has 0 aliphatic rings. The predicted octanol–water partition coefficient (Wildman–Crippen LogP) is 0.240. The number of carboxylic acids is 4. The highest BCUT2D eigenvalue weighted by molar-refractivity contribution is 8.00. The highest BCUT2D eigenvalue weighted by Gasteiger charge is 2.28. The van der Waals surface area contributed by atoms with E-state index >= 15 is 0 Å². The van der Waals surface area contributed by atoms with Crippen LogP contribution in [-0.2, 0) is 38.4 Å². The Hall–Kier alpha value is -3.24. The van der Waals surface area contributed by atoms with Gasteiger partial charge in [0.25, 0.3) is 0 Å². The Kier molecular flexibility index (Phi) is 19.6. The van der Waals surface area contributed by atoms with Crippen molar-refractivity contribution in [2.45, 2.75) is 59.6 Å². The molecule has 0 heterocycles. The van der Waals surface area contributed by atoms with Gasteiger partial charge >= 0.3 is 23.9 Å². The van der Waals surface area contributed by atoms with Crippen LogP contribution in [0, 0.1) is 0 Å². The van der Waals surface area contributed by atoms with Crippen molar-refractivity contribution in [1.29, 1.82) is 0 Å². The Balaban J connectivity index is 3.22. The molecule has 1 rings (SSSR count). The minimum absolute atomic E-state index is 0.0321. The maximum Gasteiger partial charge on any atom is 0.322 e. The van der Waals surface area contributed by atoms with E-state index < -0.39 is 84.8 Å². The minimum atomic E-state index is -1.38. The van der Waals surface area contributed by atoms with Gasteiger partial charge in [0.05, 0.1) is 20.1 Å². The van der Waals surface area contributed by atoms with Crippen molar-refractivity contribution in [3.8, 4) is 0 Å². The zero-order chi connectivity index (χ0) is 38.3. The number of rotatable bonds is 22. The lowest BCUT2D eigenvalue weighted by Crippen LogP contribution is -2.49. The number of nitrogens with two attached hydrogens (primary N) is 2. The SMILES string of the molecule is N[C@@H](CCC(=O)N[C@@H](CSc1c(Cl)c(Cl)c(SC[C@H](NC(=O)CC[C@H](N)C(=O)O)C(=O)NCC(=O)O)c(Cl)c1Cl)C(=O)NCC(=O)O)C(=O)O. The number of hydrogen-bond donors (Lipinski definition) is 10. The molecule has 0 aromatic heterocycles. The number of hydrogen-bond acceptors (Lipinski definition) is 12. The van der Waals surface area contributed by atoms with Gasteiger partial charge in [0.2, 0.25) is 23.6 Å². The number of carbonyl (C=O) groups excluding carboxylic acids is 4. The summed E-state index contributed by atoms with van der Waals surface area (Å²) in [6.07, 6.45) is -1.27. The molecule has 278 valence electrons. The lowest BCUT2D eigenvalue weighted by atomic mass is 10.1. The molecule has 0 saturated heterocycles. The molecule has 0 bridgehead atoms. The maximum absolute atomic E-state index is 12.7. The quantitative estimate of drug-likeness (QED) is 0.0553. The number of amides is 4. The monoisotopic (exact) mass is 824 g/mol. The van der Waals surface area contributed by atoms with Crippen molar-refractivity contribution in [2.24, 2.45) is 11.5 Å². The normalized spacial score (nSPS) is 13.2. The molecule has 0 aliphatic heterocycles. The molecule has 18 nitrogen and oxygen atoms in total. The molecular weight excluding hydrogens is 794 g/mol. The van der Waals surface area contributed by atoms with Gasteiger partial charge in [-0.15, -0.1) is 23.5 Å². The molecule has 4 amide bonds. The van der Waals surface area contributed by atoms with Gasteiger partial charge in [-0.25, -0.2) is 0 Å². The van der Waals surface area contributed by atoms with E-state index in [-0.39, 0.29) is 67.1 Å². The molecule has 0 saturated carbocycles. The minimum Gasteiger partial charge on any atom is -0.480 e. The highest BCUT2D eigenvalue weighted by Crippen LogP contribution is 2.49. The number of nitrogens with one attached hydrogen (secondary N) is 4. The second kappa shape index (κ2) is 21.9. The number of carboxylic acid groups (broad SMARTS) is 4. The number of thioether (sulfide) groups is 2. The van der Waals surface area contributed by atoms with Crippen LogP contribution in [0.3, 0.4) is 0 Å². The second-order valence-corrected chi connectivity index (χ2v) is 13.5. The molecular formula is C26H32Cl4N6O12S2. The van der Waals surface area contributed by atoms with Gasteiger partial charge in [-0.05, 0) is 12.8 Å². The summed E-state index contributed by atoms with van der Waals surface area (Å²) in [5.41, 5.74) is 10.8. The predicted molar refractivity (Wildman–Crippen MR) is 183 cm³/mol. The average molecular weight is 827 g/mol. The van der Waals surface area contributed by atoms with Gasteiger partial charge in [-0.1, -0.05) is 46.4 Å². The highest BCUT2D eigenvalue weighted by atomic mass is 35.5. The lowest BCUT2D eigenvalue weighted by Gasteiger charge is -2.21. The molecule has 0 aliphatic carbocycles. The van der Waals surface area contributed by atoms with Crippen LogP contribution in [0.15, 0.2) is 9.79 Å². The largest absolute Gasteiger partial charge is 0.480 e. The van der Waals surface area contributed by atoms with E-state index in [0.717, 1.165) is 23.5 Å². The van der Waals surface area contributed by atoms with Crippen molar-refractivity contribution in [1.82, 2.24) is 21.3 Å². The molecule has 24 heteroatoms. The van der Waals surface area contributed by atoms with Crippen molar-refractivity contribution in [3.05, 3.63) is 20.1 Å². The molecule has 4 atom stereocenters. The standard InChI is InChI=1S/C26H32Cl4N6O12S2/c27-17-19(29)22(50-8-12(24(44)34-6-16(41)42)36-14(38)4-2-10(32)26(47)48)20(30)18(28)21(17)49-7-11(23(43)33-5-15(39)40)35-13(37)3-1-9(31)25(45)46/h9-12H,1-8,31-32H2,(H,33,43)(H,34,44)(H,35,37)(H,36,38)(H,39,40)(H,41,42)(H,45,46)(H,47,48)/t9-,10-,11-,12-/m0/s1. The Morgan fingerprint density at radius 1 is 0.580 bits per heavy atom. The Morgan fingerprint density at radius 2 is 0.880 bits per heavy atom. The van der Waals surface area contributed by atoms with Crippen LogP contribution < -0.4 is 32.7 Å². The van der Waals surface area contributed by atoms with Gasteiger partial charge in [-0.3, -0.25) is 38.4 Å². The van der Waals surface area contributed by atoms with Crippen LogP contribution in [0.2, 0.25) is 20.1 Å². The number of halogens is 4. The third-order valence-electron chi connectivity index (χ3n) is 6.10. The van der Waals surface area contributed by atoms with E-state index in [1.165, 1.54) is 0 Å². The average Bonchev–Trinajstić information content (AvgIpc) is 3.04. The van der Waals surface area contributed by atoms with Crippen LogP contribution >= 0.6 is 69.9 Å². The summed E-state index contributed by atoms with van der Waals surface area (Å²) >= 11 is 27.5. The number of carbonyl (C=O) groups is 8. The fourth-order valence-corrected chi connectivity index (χ4v) is 7.25. The first-order valence-corrected chi connectivity index (χ1v) is 17.4. The second-order valence-electron chi connectivity index (χ2n) is 9.97. The summed E-state index contributed by atoms with van der Waals surface area (Å²) in [6, 6.07) is -5.46. The zero-order valence-electron chi connectivity index (χ0n) is 25.5. The molecule has 0 fully saturated rings. The summed E-state index contributed by atoms with van der Waals surface area (Å²) in [6.45, 7) is -1.56. The van der Waals surface area contributed by atoms with Crippen molar-refractivity contribution in [3.63, 3.8) is 0 Å². The van der Waals surface area contributed by atoms with Crippen LogP contribution in [0.5, 0.6) is 0 Å². The van der Waals surface area contributed by atoms with Crippen molar-refractivity contribution in [2.75, 3.05) is 24.6 Å². The van der Waals surface area contributed by atoms with Gasteiger partial charge in [0.1, 0.15) is 37.3 Å². The van der Waals surface area contributed by atoms with Crippen LogP contribution in [0.4, 0.5) is 0 Å². The number of aliphatic carboxylic acids is 4. The fraction of sp³-hybridized carbons (Fsp3) is 0.462. The first kappa shape index (κ1) is 44.8. The maximum atomic E-state index is 12.7. The van der Waals surface area contributed by atoms with E-state index in [1.807, 2.05) is 0 Å². The lowest BCUT2D eigenvalue weighted by molar-refractivity contribution is -0.140. The van der Waals surface area contributed by atoms with E-state index in [2.05, 4.69) is 21.3 Å². The van der Waals surface area contributed by atoms with E-state index in [4.69, 9.17) is 78.3 Å². The first-order valence-electron chi connectivity index (χ1n) is 13.9. The zero-order valence-corrected chi connectivity index (χ0v) is 30.2. The van der Waals surface area contributed by atoms with Crippen molar-refractivity contribution >= 4 is 117 Å². The van der Waals surface area contributed by atoms with Gasteiger partial charge < -0.3 is 53.2 Å². The van der Waals surface area contributed by atoms with E-state index in [0.29, 0.717) is 0 Å². The third-order valence-corrected chi connectivity index (χ3v) is 10.6.